The molecule has 1 N–H and O–H groups in total. The number of hydrogen-bond acceptors (Lipinski definition) is 4. The molecule has 1 unspecified atom stereocenters. The van der Waals surface area contributed by atoms with Gasteiger partial charge in [0, 0.05) is 15.6 Å². The standard InChI is InChI=1S/C22H15BrFNO4/c23-14-9-7-13(8-10-14)20(26)18-19(16-5-1-2-6-17(16)24)25(22(28)21(18)27)12-15-4-3-11-29-15/h1-11,19,26H,12H2/b20-18-. The van der Waals surface area contributed by atoms with Crippen LogP contribution in [0.3, 0.4) is 0 Å². The number of hydrogen-bond donors (Lipinski definition) is 1. The van der Waals surface area contributed by atoms with E-state index >= 15 is 0 Å². The zero-order chi connectivity index (χ0) is 20.5. The summed E-state index contributed by atoms with van der Waals surface area (Å²) in [5.41, 5.74) is 0.316. The van der Waals surface area contributed by atoms with Gasteiger partial charge in [0.05, 0.1) is 24.4 Å². The van der Waals surface area contributed by atoms with Gasteiger partial charge in [-0.05, 0) is 30.3 Å². The van der Waals surface area contributed by atoms with Crippen LogP contribution in [0, 0.1) is 5.82 Å². The van der Waals surface area contributed by atoms with Gasteiger partial charge >= 0.3 is 0 Å². The third-order valence-corrected chi connectivity index (χ3v) is 5.29. The summed E-state index contributed by atoms with van der Waals surface area (Å²) in [5, 5.41) is 10.9. The summed E-state index contributed by atoms with van der Waals surface area (Å²) in [4.78, 5) is 26.8. The lowest BCUT2D eigenvalue weighted by Gasteiger charge is -2.24. The van der Waals surface area contributed by atoms with E-state index in [-0.39, 0.29) is 23.4 Å². The number of halogens is 2. The van der Waals surface area contributed by atoms with Crippen molar-refractivity contribution in [2.75, 3.05) is 0 Å². The van der Waals surface area contributed by atoms with E-state index in [2.05, 4.69) is 15.9 Å². The molecule has 0 bridgehead atoms. The number of rotatable bonds is 4. The molecule has 29 heavy (non-hydrogen) atoms. The van der Waals surface area contributed by atoms with Crippen LogP contribution >= 0.6 is 15.9 Å². The van der Waals surface area contributed by atoms with Crippen molar-refractivity contribution < 1.29 is 23.5 Å². The Morgan fingerprint density at radius 3 is 2.45 bits per heavy atom. The van der Waals surface area contributed by atoms with Gasteiger partial charge in [0.25, 0.3) is 11.7 Å². The normalized spacial score (nSPS) is 18.4. The second-order valence-electron chi connectivity index (χ2n) is 6.53. The number of furan rings is 1. The molecule has 1 aromatic heterocycles. The summed E-state index contributed by atoms with van der Waals surface area (Å²) in [5.74, 6) is -2.19. The van der Waals surface area contributed by atoms with Crippen molar-refractivity contribution in [3.63, 3.8) is 0 Å². The molecule has 2 heterocycles. The lowest BCUT2D eigenvalue weighted by Crippen LogP contribution is -2.29. The molecule has 1 fully saturated rings. The Bertz CT molecular complexity index is 1110. The van der Waals surface area contributed by atoms with Gasteiger partial charge < -0.3 is 14.4 Å². The van der Waals surface area contributed by atoms with Gasteiger partial charge in [0.1, 0.15) is 17.3 Å². The molecule has 0 aliphatic carbocycles. The topological polar surface area (TPSA) is 70.8 Å². The molecule has 3 aromatic rings. The van der Waals surface area contributed by atoms with Gasteiger partial charge in [-0.1, -0.05) is 46.3 Å². The Labute approximate surface area is 174 Å². The van der Waals surface area contributed by atoms with E-state index in [4.69, 9.17) is 4.42 Å². The van der Waals surface area contributed by atoms with E-state index in [0.717, 1.165) is 4.47 Å². The number of aliphatic hydroxyl groups excluding tert-OH is 1. The SMILES string of the molecule is O=C1C(=O)N(Cc2ccco2)C(c2ccccc2F)/C1=C(/O)c1ccc(Br)cc1. The van der Waals surface area contributed by atoms with Crippen molar-refractivity contribution >= 4 is 33.4 Å². The van der Waals surface area contributed by atoms with Crippen molar-refractivity contribution in [2.24, 2.45) is 0 Å². The molecule has 1 amide bonds. The monoisotopic (exact) mass is 455 g/mol. The molecular weight excluding hydrogens is 441 g/mol. The average Bonchev–Trinajstić information content (AvgIpc) is 3.31. The van der Waals surface area contributed by atoms with Crippen molar-refractivity contribution in [3.05, 3.63) is 99.7 Å². The molecule has 1 aliphatic heterocycles. The fraction of sp³-hybridized carbons (Fsp3) is 0.0909. The Morgan fingerprint density at radius 1 is 1.07 bits per heavy atom. The smallest absolute Gasteiger partial charge is 0.296 e. The van der Waals surface area contributed by atoms with Crippen LogP contribution in [0.4, 0.5) is 4.39 Å². The molecule has 7 heteroatoms. The quantitative estimate of drug-likeness (QED) is 0.348. The number of Topliss-reactive ketones (excluding diaryl/α,β-unsaturated/α-hetero) is 1. The van der Waals surface area contributed by atoms with Crippen LogP contribution in [-0.4, -0.2) is 21.7 Å². The molecular formula is C22H15BrFNO4. The third-order valence-electron chi connectivity index (χ3n) is 4.76. The fourth-order valence-electron chi connectivity index (χ4n) is 3.40. The first-order chi connectivity index (χ1) is 14.0. The molecule has 0 spiro atoms. The van der Waals surface area contributed by atoms with E-state index in [1.807, 2.05) is 0 Å². The number of likely N-dealkylation sites (tertiary alicyclic amines) is 1. The highest BCUT2D eigenvalue weighted by atomic mass is 79.9. The van der Waals surface area contributed by atoms with Crippen molar-refractivity contribution in [1.82, 2.24) is 4.90 Å². The second kappa shape index (κ2) is 7.67. The largest absolute Gasteiger partial charge is 0.507 e. The summed E-state index contributed by atoms with van der Waals surface area (Å²) >= 11 is 3.31. The lowest BCUT2D eigenvalue weighted by atomic mass is 9.95. The van der Waals surface area contributed by atoms with E-state index in [9.17, 15) is 19.1 Å². The number of aliphatic hydroxyl groups is 1. The Hall–Kier alpha value is -3.19. The summed E-state index contributed by atoms with van der Waals surface area (Å²) < 4.78 is 20.8. The van der Waals surface area contributed by atoms with Crippen LogP contribution in [0.2, 0.25) is 0 Å². The van der Waals surface area contributed by atoms with Crippen LogP contribution in [-0.2, 0) is 16.1 Å². The maximum atomic E-state index is 14.7. The van der Waals surface area contributed by atoms with Gasteiger partial charge in [-0.15, -0.1) is 0 Å². The van der Waals surface area contributed by atoms with Crippen LogP contribution in [0.5, 0.6) is 0 Å². The van der Waals surface area contributed by atoms with Crippen LogP contribution < -0.4 is 0 Å². The number of ketones is 1. The molecule has 2 aromatic carbocycles. The highest BCUT2D eigenvalue weighted by Gasteiger charge is 2.47. The molecule has 5 nitrogen and oxygen atoms in total. The van der Waals surface area contributed by atoms with Crippen LogP contribution in [0.1, 0.15) is 22.9 Å². The van der Waals surface area contributed by atoms with Crippen LogP contribution in [0.25, 0.3) is 5.76 Å². The first-order valence-corrected chi connectivity index (χ1v) is 9.58. The van der Waals surface area contributed by atoms with Gasteiger partial charge in [0.2, 0.25) is 0 Å². The highest BCUT2D eigenvalue weighted by Crippen LogP contribution is 2.41. The number of carbonyl (C=O) groups excluding carboxylic acids is 2. The minimum Gasteiger partial charge on any atom is -0.507 e. The molecule has 0 radical (unpaired) electrons. The minimum atomic E-state index is -1.08. The fourth-order valence-corrected chi connectivity index (χ4v) is 3.66. The third kappa shape index (κ3) is 3.49. The predicted octanol–water partition coefficient (Wildman–Crippen LogP) is 4.80. The van der Waals surface area contributed by atoms with Crippen molar-refractivity contribution in [3.8, 4) is 0 Å². The zero-order valence-electron chi connectivity index (χ0n) is 15.0. The summed E-state index contributed by atoms with van der Waals surface area (Å²) in [6.07, 6.45) is 1.45. The minimum absolute atomic E-state index is 0.0340. The molecule has 1 aliphatic rings. The molecule has 1 saturated heterocycles. The number of benzene rings is 2. The Morgan fingerprint density at radius 2 is 1.79 bits per heavy atom. The summed E-state index contributed by atoms with van der Waals surface area (Å²) in [7, 11) is 0. The number of amides is 1. The molecule has 0 saturated carbocycles. The van der Waals surface area contributed by atoms with Gasteiger partial charge in [-0.3, -0.25) is 9.59 Å². The van der Waals surface area contributed by atoms with E-state index in [1.54, 1.807) is 42.5 Å². The maximum absolute atomic E-state index is 14.7. The maximum Gasteiger partial charge on any atom is 0.296 e. The van der Waals surface area contributed by atoms with Crippen LogP contribution in [0.15, 0.2) is 81.4 Å². The van der Waals surface area contributed by atoms with Gasteiger partial charge in [0.15, 0.2) is 0 Å². The predicted molar refractivity (Wildman–Crippen MR) is 107 cm³/mol. The van der Waals surface area contributed by atoms with Crippen molar-refractivity contribution in [2.45, 2.75) is 12.6 Å². The first-order valence-electron chi connectivity index (χ1n) is 8.78. The highest BCUT2D eigenvalue weighted by molar-refractivity contribution is 9.10. The summed E-state index contributed by atoms with van der Waals surface area (Å²) in [6, 6.07) is 14.7. The van der Waals surface area contributed by atoms with E-state index < -0.39 is 23.5 Å². The van der Waals surface area contributed by atoms with E-state index in [0.29, 0.717) is 11.3 Å². The average molecular weight is 456 g/mol. The zero-order valence-corrected chi connectivity index (χ0v) is 16.6. The van der Waals surface area contributed by atoms with Gasteiger partial charge in [-0.25, -0.2) is 4.39 Å². The van der Waals surface area contributed by atoms with Crippen molar-refractivity contribution in [1.29, 1.82) is 0 Å². The Balaban J connectivity index is 1.89. The first kappa shape index (κ1) is 19.1. The molecule has 146 valence electrons. The van der Waals surface area contributed by atoms with Gasteiger partial charge in [-0.2, -0.15) is 0 Å². The Kier molecular flexibility index (Phi) is 5.07. The number of nitrogens with zero attached hydrogens (tertiary/aromatic N) is 1. The molecule has 4 rings (SSSR count). The van der Waals surface area contributed by atoms with E-state index in [1.165, 1.54) is 29.4 Å². The molecule has 1 atom stereocenters. The lowest BCUT2D eigenvalue weighted by molar-refractivity contribution is -0.140. The number of carbonyl (C=O) groups is 2. The summed E-state index contributed by atoms with van der Waals surface area (Å²) in [6.45, 7) is -0.0340. The second-order valence-corrected chi connectivity index (χ2v) is 7.45.